The summed E-state index contributed by atoms with van der Waals surface area (Å²) in [6.45, 7) is 6.84. The summed E-state index contributed by atoms with van der Waals surface area (Å²) in [6.07, 6.45) is 2.62. The lowest BCUT2D eigenvalue weighted by Crippen LogP contribution is -2.38. The van der Waals surface area contributed by atoms with Crippen LogP contribution in [-0.2, 0) is 0 Å². The SMILES string of the molecule is CCC(C)N(CC)C(=O)c1cc(Br)cnc1NC. The van der Waals surface area contributed by atoms with Crippen molar-refractivity contribution in [2.24, 2.45) is 0 Å². The van der Waals surface area contributed by atoms with Gasteiger partial charge in [0.05, 0.1) is 5.56 Å². The van der Waals surface area contributed by atoms with Crippen LogP contribution in [0.15, 0.2) is 16.7 Å². The molecule has 1 amide bonds. The van der Waals surface area contributed by atoms with E-state index in [1.807, 2.05) is 17.9 Å². The normalized spacial score (nSPS) is 12.1. The monoisotopic (exact) mass is 313 g/mol. The number of aromatic nitrogens is 1. The van der Waals surface area contributed by atoms with Crippen molar-refractivity contribution in [3.63, 3.8) is 0 Å². The summed E-state index contributed by atoms with van der Waals surface area (Å²) in [7, 11) is 1.77. The number of carbonyl (C=O) groups is 1. The number of pyridine rings is 1. The first-order valence-corrected chi connectivity index (χ1v) is 6.98. The number of amides is 1. The van der Waals surface area contributed by atoms with Crippen LogP contribution >= 0.6 is 15.9 Å². The summed E-state index contributed by atoms with van der Waals surface area (Å²) in [5, 5.41) is 2.96. The Morgan fingerprint density at radius 3 is 2.72 bits per heavy atom. The molecule has 1 atom stereocenters. The van der Waals surface area contributed by atoms with E-state index in [0.717, 1.165) is 10.9 Å². The maximum absolute atomic E-state index is 12.5. The first-order valence-electron chi connectivity index (χ1n) is 6.19. The van der Waals surface area contributed by atoms with Crippen LogP contribution in [0.2, 0.25) is 0 Å². The number of carbonyl (C=O) groups excluding carboxylic acids is 1. The van der Waals surface area contributed by atoms with Crippen LogP contribution in [-0.4, -0.2) is 35.4 Å². The van der Waals surface area contributed by atoms with Crippen molar-refractivity contribution in [3.05, 3.63) is 22.3 Å². The van der Waals surface area contributed by atoms with E-state index < -0.39 is 0 Å². The zero-order valence-corrected chi connectivity index (χ0v) is 12.9. The van der Waals surface area contributed by atoms with Gasteiger partial charge in [-0.2, -0.15) is 0 Å². The molecule has 100 valence electrons. The van der Waals surface area contributed by atoms with E-state index in [9.17, 15) is 4.79 Å². The summed E-state index contributed by atoms with van der Waals surface area (Å²) >= 11 is 3.36. The maximum Gasteiger partial charge on any atom is 0.257 e. The lowest BCUT2D eigenvalue weighted by molar-refractivity contribution is 0.0700. The summed E-state index contributed by atoms with van der Waals surface area (Å²) < 4.78 is 0.810. The highest BCUT2D eigenvalue weighted by atomic mass is 79.9. The molecule has 1 heterocycles. The van der Waals surface area contributed by atoms with E-state index in [1.165, 1.54) is 0 Å². The van der Waals surface area contributed by atoms with Gasteiger partial charge in [0.15, 0.2) is 0 Å². The van der Waals surface area contributed by atoms with Crippen molar-refractivity contribution in [1.82, 2.24) is 9.88 Å². The van der Waals surface area contributed by atoms with Crippen molar-refractivity contribution in [2.75, 3.05) is 18.9 Å². The van der Waals surface area contributed by atoms with Gasteiger partial charge in [0.1, 0.15) is 5.82 Å². The Balaban J connectivity index is 3.11. The standard InChI is InChI=1S/C13H20BrN3O/c1-5-9(3)17(6-2)13(18)11-7-10(14)8-16-12(11)15-4/h7-9H,5-6H2,1-4H3,(H,15,16). The number of anilines is 1. The summed E-state index contributed by atoms with van der Waals surface area (Å²) in [4.78, 5) is 18.6. The summed E-state index contributed by atoms with van der Waals surface area (Å²) in [5.41, 5.74) is 0.606. The highest BCUT2D eigenvalue weighted by Gasteiger charge is 2.22. The van der Waals surface area contributed by atoms with Crippen molar-refractivity contribution in [2.45, 2.75) is 33.2 Å². The van der Waals surface area contributed by atoms with Crippen molar-refractivity contribution < 1.29 is 4.79 Å². The van der Waals surface area contributed by atoms with Crippen LogP contribution in [0.5, 0.6) is 0 Å². The van der Waals surface area contributed by atoms with E-state index in [0.29, 0.717) is 17.9 Å². The number of halogens is 1. The molecule has 0 aliphatic heterocycles. The van der Waals surface area contributed by atoms with E-state index in [2.05, 4.69) is 40.1 Å². The van der Waals surface area contributed by atoms with Crippen molar-refractivity contribution in [1.29, 1.82) is 0 Å². The van der Waals surface area contributed by atoms with Gasteiger partial charge in [-0.3, -0.25) is 4.79 Å². The van der Waals surface area contributed by atoms with Gasteiger partial charge in [-0.15, -0.1) is 0 Å². The Kier molecular flexibility index (Phi) is 5.59. The molecular weight excluding hydrogens is 294 g/mol. The Bertz CT molecular complexity index is 423. The quantitative estimate of drug-likeness (QED) is 0.908. The third-order valence-electron chi connectivity index (χ3n) is 3.05. The zero-order chi connectivity index (χ0) is 13.7. The van der Waals surface area contributed by atoms with Crippen LogP contribution in [0.25, 0.3) is 0 Å². The second kappa shape index (κ2) is 6.73. The Hall–Kier alpha value is -1.10. The molecule has 18 heavy (non-hydrogen) atoms. The van der Waals surface area contributed by atoms with Crippen LogP contribution in [0.3, 0.4) is 0 Å². The molecular formula is C13H20BrN3O. The number of nitrogens with zero attached hydrogens (tertiary/aromatic N) is 2. The smallest absolute Gasteiger partial charge is 0.257 e. The molecule has 1 unspecified atom stereocenters. The largest absolute Gasteiger partial charge is 0.372 e. The third kappa shape index (κ3) is 3.22. The number of hydrogen-bond acceptors (Lipinski definition) is 3. The van der Waals surface area contributed by atoms with Crippen LogP contribution in [0.4, 0.5) is 5.82 Å². The molecule has 1 N–H and O–H groups in total. The third-order valence-corrected chi connectivity index (χ3v) is 3.48. The van der Waals surface area contributed by atoms with Crippen molar-refractivity contribution in [3.8, 4) is 0 Å². The highest BCUT2D eigenvalue weighted by Crippen LogP contribution is 2.20. The predicted molar refractivity (Wildman–Crippen MR) is 77.9 cm³/mol. The van der Waals surface area contributed by atoms with Crippen LogP contribution < -0.4 is 5.32 Å². The Morgan fingerprint density at radius 1 is 1.56 bits per heavy atom. The van der Waals surface area contributed by atoms with Gasteiger partial charge in [-0.05, 0) is 42.3 Å². The molecule has 5 heteroatoms. The van der Waals surface area contributed by atoms with Gasteiger partial charge < -0.3 is 10.2 Å². The van der Waals surface area contributed by atoms with Gasteiger partial charge in [0.2, 0.25) is 0 Å². The highest BCUT2D eigenvalue weighted by molar-refractivity contribution is 9.10. The lowest BCUT2D eigenvalue weighted by Gasteiger charge is -2.27. The van der Waals surface area contributed by atoms with Gasteiger partial charge in [-0.1, -0.05) is 6.92 Å². The fraction of sp³-hybridized carbons (Fsp3) is 0.538. The molecule has 1 aromatic rings. The fourth-order valence-electron chi connectivity index (χ4n) is 1.83. The second-order valence-electron chi connectivity index (χ2n) is 4.15. The molecule has 0 aliphatic carbocycles. The van der Waals surface area contributed by atoms with Crippen LogP contribution in [0.1, 0.15) is 37.6 Å². The van der Waals surface area contributed by atoms with Gasteiger partial charge in [0.25, 0.3) is 5.91 Å². The minimum absolute atomic E-state index is 0.0185. The minimum atomic E-state index is 0.0185. The molecule has 0 spiro atoms. The topological polar surface area (TPSA) is 45.2 Å². The van der Waals surface area contributed by atoms with Gasteiger partial charge in [-0.25, -0.2) is 4.98 Å². The summed E-state index contributed by atoms with van der Waals surface area (Å²) in [6, 6.07) is 2.04. The molecule has 0 fully saturated rings. The average Bonchev–Trinajstić information content (AvgIpc) is 2.39. The molecule has 0 radical (unpaired) electrons. The second-order valence-corrected chi connectivity index (χ2v) is 5.06. The number of hydrogen-bond donors (Lipinski definition) is 1. The fourth-order valence-corrected chi connectivity index (χ4v) is 2.16. The Labute approximate surface area is 117 Å². The first-order chi connectivity index (χ1) is 8.54. The number of rotatable bonds is 5. The van der Waals surface area contributed by atoms with Crippen LogP contribution in [0, 0.1) is 0 Å². The minimum Gasteiger partial charge on any atom is -0.372 e. The molecule has 4 nitrogen and oxygen atoms in total. The molecule has 0 saturated heterocycles. The molecule has 0 bridgehead atoms. The van der Waals surface area contributed by atoms with E-state index in [-0.39, 0.29) is 11.9 Å². The van der Waals surface area contributed by atoms with Gasteiger partial charge in [0, 0.05) is 30.3 Å². The first kappa shape index (κ1) is 15.0. The molecule has 1 rings (SSSR count). The van der Waals surface area contributed by atoms with Gasteiger partial charge >= 0.3 is 0 Å². The number of nitrogens with one attached hydrogen (secondary N) is 1. The lowest BCUT2D eigenvalue weighted by atomic mass is 10.1. The molecule has 0 aliphatic rings. The molecule has 0 saturated carbocycles. The van der Waals surface area contributed by atoms with Crippen molar-refractivity contribution >= 4 is 27.7 Å². The average molecular weight is 314 g/mol. The molecule has 1 aromatic heterocycles. The van der Waals surface area contributed by atoms with E-state index >= 15 is 0 Å². The van der Waals surface area contributed by atoms with E-state index in [1.54, 1.807) is 13.2 Å². The summed E-state index contributed by atoms with van der Waals surface area (Å²) in [5.74, 6) is 0.634. The van der Waals surface area contributed by atoms with E-state index in [4.69, 9.17) is 0 Å². The maximum atomic E-state index is 12.5. The Morgan fingerprint density at radius 2 is 2.22 bits per heavy atom. The zero-order valence-electron chi connectivity index (χ0n) is 11.3. The predicted octanol–water partition coefficient (Wildman–Crippen LogP) is 3.15. The molecule has 0 aromatic carbocycles.